The minimum atomic E-state index is -3.34. The van der Waals surface area contributed by atoms with Crippen LogP contribution in [0.2, 0.25) is 0 Å². The maximum absolute atomic E-state index is 13.0. The number of imidazole rings is 2. The number of aromatic nitrogens is 4. The number of thiophene rings is 2. The summed E-state index contributed by atoms with van der Waals surface area (Å²) in [5.74, 6) is 0.00432. The third kappa shape index (κ3) is 4.63. The molecule has 0 aliphatic carbocycles. The van der Waals surface area contributed by atoms with Crippen LogP contribution in [0.4, 0.5) is 0 Å². The van der Waals surface area contributed by atoms with Crippen LogP contribution in [0, 0.1) is 0 Å². The highest BCUT2D eigenvalue weighted by molar-refractivity contribution is 9.10. The van der Waals surface area contributed by atoms with Gasteiger partial charge in [0.2, 0.25) is 0 Å². The highest BCUT2D eigenvalue weighted by atomic mass is 79.9. The van der Waals surface area contributed by atoms with Gasteiger partial charge in [-0.15, -0.1) is 22.7 Å². The number of fused-ring (bicyclic) bond motifs is 2. The van der Waals surface area contributed by atoms with Crippen molar-refractivity contribution in [3.8, 4) is 10.0 Å². The molecule has 6 aromatic rings. The van der Waals surface area contributed by atoms with E-state index in [1.165, 1.54) is 22.7 Å². The van der Waals surface area contributed by atoms with Crippen LogP contribution >= 0.6 is 54.5 Å². The predicted octanol–water partition coefficient (Wildman–Crippen LogP) is 7.13. The van der Waals surface area contributed by atoms with Crippen molar-refractivity contribution in [3.05, 3.63) is 92.0 Å². The fraction of sp³-hybridized carbons (Fsp3) is 0.0833. The first-order valence-electron chi connectivity index (χ1n) is 10.5. The Bertz CT molecular complexity index is 1690. The van der Waals surface area contributed by atoms with E-state index in [1.54, 1.807) is 12.7 Å². The van der Waals surface area contributed by atoms with E-state index in [0.29, 0.717) is 0 Å². The Labute approximate surface area is 226 Å². The van der Waals surface area contributed by atoms with Crippen molar-refractivity contribution in [1.29, 1.82) is 0 Å². The smallest absolute Gasteiger partial charge is 0.160 e. The SMILES string of the molecule is O=S(=O)(Cc1ccc(-n2cnc3ccc(Br)cc32)s1)Cc1ccc(-n2cnc3ccc(Br)cc32)s1. The van der Waals surface area contributed by atoms with Gasteiger partial charge in [-0.25, -0.2) is 18.4 Å². The average Bonchev–Trinajstić information content (AvgIpc) is 3.59. The maximum atomic E-state index is 13.0. The van der Waals surface area contributed by atoms with Crippen LogP contribution in [-0.4, -0.2) is 27.5 Å². The lowest BCUT2D eigenvalue weighted by Gasteiger charge is -2.03. The summed E-state index contributed by atoms with van der Waals surface area (Å²) in [6.45, 7) is 0. The summed E-state index contributed by atoms with van der Waals surface area (Å²) in [6, 6.07) is 19.5. The first-order valence-corrected chi connectivity index (χ1v) is 15.5. The average molecular weight is 648 g/mol. The summed E-state index contributed by atoms with van der Waals surface area (Å²) in [4.78, 5) is 10.5. The lowest BCUT2D eigenvalue weighted by Crippen LogP contribution is -2.05. The minimum Gasteiger partial charge on any atom is -0.290 e. The molecule has 0 spiro atoms. The standard InChI is InChI=1S/C24H16Br2N4O2S3/c25-15-1-5-19-21(9-15)29(13-27-19)23-7-3-17(33-23)11-35(31,32)12-18-4-8-24(34-18)30-14-28-20-6-2-16(26)10-22(20)30/h1-10,13-14H,11-12H2. The quantitative estimate of drug-likeness (QED) is 0.193. The molecular formula is C24H16Br2N4O2S3. The van der Waals surface area contributed by atoms with Crippen molar-refractivity contribution in [2.75, 3.05) is 0 Å². The van der Waals surface area contributed by atoms with Gasteiger partial charge in [0.15, 0.2) is 9.84 Å². The fourth-order valence-corrected chi connectivity index (χ4v) is 8.92. The largest absolute Gasteiger partial charge is 0.290 e. The second-order valence-corrected chi connectivity index (χ2v) is 14.2. The van der Waals surface area contributed by atoms with E-state index >= 15 is 0 Å². The molecule has 0 aliphatic rings. The number of hydrogen-bond donors (Lipinski definition) is 0. The van der Waals surface area contributed by atoms with Gasteiger partial charge in [0, 0.05) is 18.7 Å². The van der Waals surface area contributed by atoms with Crippen molar-refractivity contribution in [1.82, 2.24) is 19.1 Å². The summed E-state index contributed by atoms with van der Waals surface area (Å²) in [6.07, 6.45) is 3.54. The van der Waals surface area contributed by atoms with Gasteiger partial charge in [-0.1, -0.05) is 31.9 Å². The first-order chi connectivity index (χ1) is 16.8. The molecule has 0 saturated heterocycles. The molecule has 0 amide bonds. The molecule has 11 heteroatoms. The summed E-state index contributed by atoms with van der Waals surface area (Å²) >= 11 is 9.95. The molecule has 0 N–H and O–H groups in total. The van der Waals surface area contributed by atoms with Crippen molar-refractivity contribution in [3.63, 3.8) is 0 Å². The predicted molar refractivity (Wildman–Crippen MR) is 150 cm³/mol. The molecule has 4 heterocycles. The maximum Gasteiger partial charge on any atom is 0.160 e. The Morgan fingerprint density at radius 3 is 1.60 bits per heavy atom. The Morgan fingerprint density at radius 1 is 0.686 bits per heavy atom. The molecule has 0 atom stereocenters. The Hall–Kier alpha value is -2.31. The van der Waals surface area contributed by atoms with E-state index in [0.717, 1.165) is 50.8 Å². The third-order valence-corrected chi connectivity index (χ3v) is 10.5. The molecule has 2 aromatic carbocycles. The van der Waals surface area contributed by atoms with Gasteiger partial charge in [0.1, 0.15) is 22.7 Å². The fourth-order valence-electron chi connectivity index (χ4n) is 3.94. The van der Waals surface area contributed by atoms with Crippen molar-refractivity contribution < 1.29 is 8.42 Å². The van der Waals surface area contributed by atoms with Gasteiger partial charge in [0.25, 0.3) is 0 Å². The zero-order valence-corrected chi connectivity index (χ0v) is 23.5. The van der Waals surface area contributed by atoms with Crippen LogP contribution in [0.3, 0.4) is 0 Å². The Morgan fingerprint density at radius 2 is 1.14 bits per heavy atom. The van der Waals surface area contributed by atoms with Crippen LogP contribution in [0.25, 0.3) is 32.1 Å². The van der Waals surface area contributed by atoms with Crippen LogP contribution in [-0.2, 0) is 21.3 Å². The van der Waals surface area contributed by atoms with Crippen molar-refractivity contribution >= 4 is 86.4 Å². The summed E-state index contributed by atoms with van der Waals surface area (Å²) in [5, 5.41) is 1.87. The second-order valence-electron chi connectivity index (χ2n) is 8.01. The van der Waals surface area contributed by atoms with E-state index < -0.39 is 9.84 Å². The number of nitrogens with zero attached hydrogens (tertiary/aromatic N) is 4. The Balaban J connectivity index is 1.21. The molecule has 0 saturated carbocycles. The van der Waals surface area contributed by atoms with Crippen LogP contribution in [0.1, 0.15) is 9.75 Å². The minimum absolute atomic E-state index is 0.00216. The van der Waals surface area contributed by atoms with Gasteiger partial charge in [-0.3, -0.25) is 9.13 Å². The number of sulfone groups is 1. The first kappa shape index (κ1) is 23.1. The molecule has 0 unspecified atom stereocenters. The van der Waals surface area contributed by atoms with Crippen LogP contribution < -0.4 is 0 Å². The molecule has 6 rings (SSSR count). The lowest BCUT2D eigenvalue weighted by molar-refractivity contribution is 0.595. The molecule has 35 heavy (non-hydrogen) atoms. The summed E-state index contributed by atoms with van der Waals surface area (Å²) in [5.41, 5.74) is 3.73. The van der Waals surface area contributed by atoms with E-state index in [4.69, 9.17) is 0 Å². The highest BCUT2D eigenvalue weighted by Gasteiger charge is 2.18. The van der Waals surface area contributed by atoms with Crippen LogP contribution in [0.5, 0.6) is 0 Å². The second kappa shape index (κ2) is 8.97. The van der Waals surface area contributed by atoms with Gasteiger partial charge >= 0.3 is 0 Å². The van der Waals surface area contributed by atoms with E-state index in [-0.39, 0.29) is 11.5 Å². The van der Waals surface area contributed by atoms with E-state index in [1.807, 2.05) is 69.8 Å². The molecule has 4 aromatic heterocycles. The molecule has 176 valence electrons. The van der Waals surface area contributed by atoms with Crippen molar-refractivity contribution in [2.45, 2.75) is 11.5 Å². The molecule has 0 radical (unpaired) electrons. The molecular weight excluding hydrogens is 632 g/mol. The molecule has 6 nitrogen and oxygen atoms in total. The normalized spacial score (nSPS) is 12.2. The van der Waals surface area contributed by atoms with Crippen LogP contribution in [0.15, 0.2) is 82.3 Å². The molecule has 0 bridgehead atoms. The van der Waals surface area contributed by atoms with E-state index in [2.05, 4.69) is 41.8 Å². The number of rotatable bonds is 6. The number of benzene rings is 2. The highest BCUT2D eigenvalue weighted by Crippen LogP contribution is 2.30. The van der Waals surface area contributed by atoms with Crippen molar-refractivity contribution in [2.24, 2.45) is 0 Å². The topological polar surface area (TPSA) is 69.8 Å². The van der Waals surface area contributed by atoms with E-state index in [9.17, 15) is 8.42 Å². The van der Waals surface area contributed by atoms with Gasteiger partial charge in [0.05, 0.1) is 33.6 Å². The lowest BCUT2D eigenvalue weighted by atomic mass is 10.3. The summed E-state index contributed by atoms with van der Waals surface area (Å²) in [7, 11) is -3.34. The molecule has 0 fully saturated rings. The van der Waals surface area contributed by atoms with Gasteiger partial charge < -0.3 is 0 Å². The summed E-state index contributed by atoms with van der Waals surface area (Å²) < 4.78 is 32.0. The monoisotopic (exact) mass is 646 g/mol. The van der Waals surface area contributed by atoms with Gasteiger partial charge in [-0.2, -0.15) is 0 Å². The number of hydrogen-bond acceptors (Lipinski definition) is 6. The number of halogens is 2. The Kier molecular flexibility index (Phi) is 5.92. The molecule has 0 aliphatic heterocycles. The van der Waals surface area contributed by atoms with Gasteiger partial charge in [-0.05, 0) is 60.7 Å². The third-order valence-electron chi connectivity index (χ3n) is 5.51. The zero-order valence-electron chi connectivity index (χ0n) is 17.9. The zero-order chi connectivity index (χ0) is 24.2.